The molecule has 5 nitrogen and oxygen atoms in total. The zero-order chi connectivity index (χ0) is 19.5. The third kappa shape index (κ3) is 4.04. The average molecular weight is 397 g/mol. The summed E-state index contributed by atoms with van der Waals surface area (Å²) in [5, 5.41) is 9.84. The molecule has 0 bridgehead atoms. The van der Waals surface area contributed by atoms with Crippen molar-refractivity contribution >= 4 is 11.6 Å². The van der Waals surface area contributed by atoms with Gasteiger partial charge in [0.25, 0.3) is 0 Å². The van der Waals surface area contributed by atoms with Crippen LogP contribution in [0.1, 0.15) is 63.0 Å². The second-order valence-electron chi connectivity index (χ2n) is 7.64. The Morgan fingerprint density at radius 1 is 1.00 bits per heavy atom. The van der Waals surface area contributed by atoms with Crippen molar-refractivity contribution in [3.63, 3.8) is 0 Å². The van der Waals surface area contributed by atoms with Gasteiger partial charge in [-0.2, -0.15) is 0 Å². The lowest BCUT2D eigenvalue weighted by Crippen LogP contribution is -2.25. The molecule has 1 aliphatic rings. The van der Waals surface area contributed by atoms with Gasteiger partial charge in [0, 0.05) is 34.8 Å². The van der Waals surface area contributed by atoms with E-state index >= 15 is 0 Å². The lowest BCUT2D eigenvalue weighted by molar-refractivity contribution is 0.139. The van der Waals surface area contributed by atoms with Crippen LogP contribution < -0.4 is 4.74 Å². The molecule has 4 rings (SSSR count). The van der Waals surface area contributed by atoms with E-state index in [9.17, 15) is 0 Å². The molecule has 0 saturated heterocycles. The van der Waals surface area contributed by atoms with E-state index in [1.807, 2.05) is 42.5 Å². The van der Waals surface area contributed by atoms with Crippen LogP contribution >= 0.6 is 11.6 Å². The summed E-state index contributed by atoms with van der Waals surface area (Å²) in [6.45, 7) is 4.30. The van der Waals surface area contributed by atoms with Crippen LogP contribution in [0.25, 0.3) is 5.69 Å². The lowest BCUT2D eigenvalue weighted by atomic mass is 9.86. The van der Waals surface area contributed by atoms with E-state index in [1.54, 1.807) is 6.20 Å². The van der Waals surface area contributed by atoms with Crippen molar-refractivity contribution in [2.75, 3.05) is 0 Å². The molecule has 0 aliphatic heterocycles. The van der Waals surface area contributed by atoms with Gasteiger partial charge in [0.1, 0.15) is 17.8 Å². The fourth-order valence-electron chi connectivity index (χ4n) is 3.83. The summed E-state index contributed by atoms with van der Waals surface area (Å²) in [4.78, 5) is 4.27. The smallest absolute Gasteiger partial charge is 0.213 e. The molecule has 1 fully saturated rings. The predicted molar refractivity (Wildman–Crippen MR) is 110 cm³/mol. The number of hydrogen-bond donors (Lipinski definition) is 0. The Bertz CT molecular complexity index is 900. The molecule has 0 spiro atoms. The first-order valence-corrected chi connectivity index (χ1v) is 10.3. The van der Waals surface area contributed by atoms with Gasteiger partial charge in [0.2, 0.25) is 5.88 Å². The number of aromatic nitrogens is 4. The highest BCUT2D eigenvalue weighted by Gasteiger charge is 2.29. The molecule has 1 aromatic carbocycles. The molecule has 0 atom stereocenters. The Hall–Kier alpha value is -2.40. The van der Waals surface area contributed by atoms with E-state index in [2.05, 4.69) is 33.6 Å². The van der Waals surface area contributed by atoms with Crippen molar-refractivity contribution in [2.24, 2.45) is 0 Å². The fraction of sp³-hybridized carbons (Fsp3) is 0.409. The fourth-order valence-corrected chi connectivity index (χ4v) is 3.95. The van der Waals surface area contributed by atoms with E-state index in [0.717, 1.165) is 48.0 Å². The van der Waals surface area contributed by atoms with Crippen molar-refractivity contribution in [2.45, 2.75) is 57.5 Å². The minimum Gasteiger partial charge on any atom is -0.474 e. The first-order chi connectivity index (χ1) is 13.6. The molecule has 1 aliphatic carbocycles. The predicted octanol–water partition coefficient (Wildman–Crippen LogP) is 5.54. The lowest BCUT2D eigenvalue weighted by Gasteiger charge is -2.28. The quantitative estimate of drug-likeness (QED) is 0.567. The molecule has 0 amide bonds. The molecule has 0 unspecified atom stereocenters. The first kappa shape index (κ1) is 18.9. The second-order valence-corrected chi connectivity index (χ2v) is 8.08. The zero-order valence-corrected chi connectivity index (χ0v) is 17.0. The van der Waals surface area contributed by atoms with E-state index in [1.165, 1.54) is 0 Å². The maximum absolute atomic E-state index is 6.09. The van der Waals surface area contributed by atoms with Crippen LogP contribution in [0.3, 0.4) is 0 Å². The molecule has 2 aromatic heterocycles. The topological polar surface area (TPSA) is 52.8 Å². The van der Waals surface area contributed by atoms with E-state index in [0.29, 0.717) is 17.7 Å². The van der Waals surface area contributed by atoms with Crippen LogP contribution in [0.4, 0.5) is 0 Å². The Labute approximate surface area is 170 Å². The molecular formula is C22H25ClN4O. The number of nitrogens with zero attached hydrogens (tertiary/aromatic N) is 4. The van der Waals surface area contributed by atoms with Crippen LogP contribution in [0.2, 0.25) is 5.02 Å². The van der Waals surface area contributed by atoms with Gasteiger partial charge in [-0.05, 0) is 56.0 Å². The van der Waals surface area contributed by atoms with Gasteiger partial charge >= 0.3 is 0 Å². The number of halogens is 1. The standard InChI is InChI=1S/C22H25ClN4O/c1-15(2)21-25-26-22(27(21)18-10-8-17(23)9-11-18)16-6-12-19(13-7-16)28-20-5-3-4-14-24-20/h3-5,8-11,14-16,19H,6-7,12-13H2,1-2H3/t16-,19-. The summed E-state index contributed by atoms with van der Waals surface area (Å²) < 4.78 is 8.26. The normalized spacial score (nSPS) is 19.7. The number of hydrogen-bond acceptors (Lipinski definition) is 4. The van der Waals surface area contributed by atoms with Gasteiger partial charge in [-0.15, -0.1) is 10.2 Å². The van der Waals surface area contributed by atoms with Crippen LogP contribution in [0, 0.1) is 0 Å². The Kier molecular flexibility index (Phi) is 5.62. The van der Waals surface area contributed by atoms with Crippen LogP contribution in [-0.4, -0.2) is 25.9 Å². The molecule has 28 heavy (non-hydrogen) atoms. The first-order valence-electron chi connectivity index (χ1n) is 9.90. The van der Waals surface area contributed by atoms with Crippen molar-refractivity contribution < 1.29 is 4.74 Å². The van der Waals surface area contributed by atoms with Gasteiger partial charge in [-0.3, -0.25) is 4.57 Å². The van der Waals surface area contributed by atoms with Crippen LogP contribution in [-0.2, 0) is 0 Å². The summed E-state index contributed by atoms with van der Waals surface area (Å²) in [5.74, 6) is 3.41. The molecule has 0 radical (unpaired) electrons. The molecule has 0 N–H and O–H groups in total. The van der Waals surface area contributed by atoms with Crippen molar-refractivity contribution in [3.05, 3.63) is 65.3 Å². The molecular weight excluding hydrogens is 372 g/mol. The largest absolute Gasteiger partial charge is 0.474 e. The monoisotopic (exact) mass is 396 g/mol. The molecule has 3 aromatic rings. The summed E-state index contributed by atoms with van der Waals surface area (Å²) in [6, 6.07) is 13.7. The van der Waals surface area contributed by atoms with Crippen molar-refractivity contribution in [3.8, 4) is 11.6 Å². The second kappa shape index (κ2) is 8.31. The third-order valence-electron chi connectivity index (χ3n) is 5.28. The maximum atomic E-state index is 6.09. The molecule has 2 heterocycles. The number of rotatable bonds is 5. The van der Waals surface area contributed by atoms with Gasteiger partial charge in [-0.1, -0.05) is 31.5 Å². The summed E-state index contributed by atoms with van der Waals surface area (Å²) in [7, 11) is 0. The third-order valence-corrected chi connectivity index (χ3v) is 5.53. The minimum absolute atomic E-state index is 0.211. The molecule has 1 saturated carbocycles. The highest BCUT2D eigenvalue weighted by molar-refractivity contribution is 6.30. The summed E-state index contributed by atoms with van der Waals surface area (Å²) >= 11 is 6.09. The van der Waals surface area contributed by atoms with E-state index in [4.69, 9.17) is 16.3 Å². The van der Waals surface area contributed by atoms with Crippen LogP contribution in [0.15, 0.2) is 48.7 Å². The summed E-state index contributed by atoms with van der Waals surface area (Å²) in [5.41, 5.74) is 1.07. The van der Waals surface area contributed by atoms with Crippen molar-refractivity contribution in [1.29, 1.82) is 0 Å². The highest BCUT2D eigenvalue weighted by Crippen LogP contribution is 2.35. The van der Waals surface area contributed by atoms with Crippen molar-refractivity contribution in [1.82, 2.24) is 19.7 Å². The maximum Gasteiger partial charge on any atom is 0.213 e. The molecule has 6 heteroatoms. The van der Waals surface area contributed by atoms with Gasteiger partial charge in [-0.25, -0.2) is 4.98 Å². The minimum atomic E-state index is 0.211. The Balaban J connectivity index is 1.53. The number of ether oxygens (including phenoxy) is 1. The average Bonchev–Trinajstić information content (AvgIpc) is 3.15. The number of benzene rings is 1. The highest BCUT2D eigenvalue weighted by atomic mass is 35.5. The van der Waals surface area contributed by atoms with E-state index < -0.39 is 0 Å². The summed E-state index contributed by atoms with van der Waals surface area (Å²) in [6.07, 6.45) is 6.02. The van der Waals surface area contributed by atoms with Gasteiger partial charge < -0.3 is 4.74 Å². The van der Waals surface area contributed by atoms with E-state index in [-0.39, 0.29) is 6.10 Å². The number of pyridine rings is 1. The van der Waals surface area contributed by atoms with Gasteiger partial charge in [0.15, 0.2) is 0 Å². The molecule has 146 valence electrons. The Morgan fingerprint density at radius 2 is 1.75 bits per heavy atom. The van der Waals surface area contributed by atoms with Crippen LogP contribution in [0.5, 0.6) is 5.88 Å². The zero-order valence-electron chi connectivity index (χ0n) is 16.3. The Morgan fingerprint density at radius 3 is 2.39 bits per heavy atom. The van der Waals surface area contributed by atoms with Gasteiger partial charge in [0.05, 0.1) is 0 Å². The SMILES string of the molecule is CC(C)c1nnc([C@H]2CC[C@H](Oc3ccccn3)CC2)n1-c1ccc(Cl)cc1.